The summed E-state index contributed by atoms with van der Waals surface area (Å²) in [6.07, 6.45) is 5.16. The fraction of sp³-hybridized carbons (Fsp3) is 1.00. The van der Waals surface area contributed by atoms with Crippen LogP contribution >= 0.6 is 0 Å². The van der Waals surface area contributed by atoms with Gasteiger partial charge < -0.3 is 11.5 Å². The van der Waals surface area contributed by atoms with E-state index in [0.717, 1.165) is 26.1 Å². The summed E-state index contributed by atoms with van der Waals surface area (Å²) in [5.41, 5.74) is 11.1. The molecule has 0 saturated carbocycles. The van der Waals surface area contributed by atoms with E-state index >= 15 is 0 Å². The molecule has 1 fully saturated rings. The average molecular weight is 171 g/mol. The molecule has 1 atom stereocenters. The Morgan fingerprint density at radius 1 is 1.17 bits per heavy atom. The Kier molecular flexibility index (Phi) is 4.58. The van der Waals surface area contributed by atoms with Crippen LogP contribution in [0.15, 0.2) is 0 Å². The van der Waals surface area contributed by atoms with Gasteiger partial charge in [0.05, 0.1) is 0 Å². The summed E-state index contributed by atoms with van der Waals surface area (Å²) < 4.78 is 0. The summed E-state index contributed by atoms with van der Waals surface area (Å²) in [6, 6.07) is 0.715. The zero-order valence-electron chi connectivity index (χ0n) is 7.84. The Bertz CT molecular complexity index is 98.3. The van der Waals surface area contributed by atoms with E-state index in [1.807, 2.05) is 0 Å². The number of rotatable bonds is 4. The first-order valence-corrected chi connectivity index (χ1v) is 5.02. The first-order valence-electron chi connectivity index (χ1n) is 5.02. The smallest absolute Gasteiger partial charge is 0.0108 e. The highest BCUT2D eigenvalue weighted by Crippen LogP contribution is 2.18. The SMILES string of the molecule is NCCC1CCCCN1CCN. The number of piperidine rings is 1. The normalized spacial score (nSPS) is 26.0. The number of hydrogen-bond donors (Lipinski definition) is 2. The first kappa shape index (κ1) is 9.96. The van der Waals surface area contributed by atoms with Gasteiger partial charge >= 0.3 is 0 Å². The van der Waals surface area contributed by atoms with Crippen LogP contribution in [0.1, 0.15) is 25.7 Å². The molecule has 3 heteroatoms. The maximum Gasteiger partial charge on any atom is 0.0108 e. The molecule has 3 nitrogen and oxygen atoms in total. The van der Waals surface area contributed by atoms with E-state index in [0.29, 0.717) is 6.04 Å². The monoisotopic (exact) mass is 171 g/mol. The number of nitrogens with zero attached hydrogens (tertiary/aromatic N) is 1. The lowest BCUT2D eigenvalue weighted by molar-refractivity contribution is 0.146. The van der Waals surface area contributed by atoms with Crippen LogP contribution < -0.4 is 11.5 Å². The lowest BCUT2D eigenvalue weighted by atomic mass is 9.99. The molecule has 72 valence electrons. The molecule has 12 heavy (non-hydrogen) atoms. The van der Waals surface area contributed by atoms with Crippen molar-refractivity contribution in [3.63, 3.8) is 0 Å². The van der Waals surface area contributed by atoms with Crippen molar-refractivity contribution in [3.05, 3.63) is 0 Å². The second-order valence-electron chi connectivity index (χ2n) is 3.55. The van der Waals surface area contributed by atoms with Crippen LogP contribution in [0.3, 0.4) is 0 Å². The predicted octanol–water partition coefficient (Wildman–Crippen LogP) is 0.148. The van der Waals surface area contributed by atoms with E-state index in [-0.39, 0.29) is 0 Å². The Morgan fingerprint density at radius 2 is 2.00 bits per heavy atom. The molecule has 1 aliphatic rings. The molecule has 0 amide bonds. The minimum absolute atomic E-state index is 0.715. The summed E-state index contributed by atoms with van der Waals surface area (Å²) in [6.45, 7) is 3.86. The Hall–Kier alpha value is -0.120. The van der Waals surface area contributed by atoms with E-state index in [1.54, 1.807) is 0 Å². The van der Waals surface area contributed by atoms with Crippen molar-refractivity contribution in [3.8, 4) is 0 Å². The molecule has 1 unspecified atom stereocenters. The lowest BCUT2D eigenvalue weighted by Crippen LogP contribution is -2.43. The minimum Gasteiger partial charge on any atom is -0.330 e. The van der Waals surface area contributed by atoms with E-state index < -0.39 is 0 Å². The van der Waals surface area contributed by atoms with Gasteiger partial charge in [0.2, 0.25) is 0 Å². The molecule has 0 bridgehead atoms. The first-order chi connectivity index (χ1) is 5.88. The average Bonchev–Trinajstić information content (AvgIpc) is 2.09. The maximum atomic E-state index is 5.56. The van der Waals surface area contributed by atoms with Crippen molar-refractivity contribution in [2.75, 3.05) is 26.2 Å². The predicted molar refractivity (Wildman–Crippen MR) is 51.9 cm³/mol. The van der Waals surface area contributed by atoms with Gasteiger partial charge in [0.25, 0.3) is 0 Å². The fourth-order valence-corrected chi connectivity index (χ4v) is 2.04. The molecule has 0 aromatic carbocycles. The Morgan fingerprint density at radius 3 is 2.67 bits per heavy atom. The highest BCUT2D eigenvalue weighted by molar-refractivity contribution is 4.77. The van der Waals surface area contributed by atoms with Gasteiger partial charge in [-0.15, -0.1) is 0 Å². The maximum absolute atomic E-state index is 5.56. The number of hydrogen-bond acceptors (Lipinski definition) is 3. The zero-order chi connectivity index (χ0) is 8.81. The molecule has 1 aliphatic heterocycles. The van der Waals surface area contributed by atoms with Crippen LogP contribution in [0.4, 0.5) is 0 Å². The third kappa shape index (κ3) is 2.73. The molecular weight excluding hydrogens is 150 g/mol. The zero-order valence-corrected chi connectivity index (χ0v) is 7.84. The Balaban J connectivity index is 2.31. The highest BCUT2D eigenvalue weighted by atomic mass is 15.2. The molecule has 1 heterocycles. The second-order valence-corrected chi connectivity index (χ2v) is 3.55. The van der Waals surface area contributed by atoms with Crippen molar-refractivity contribution in [1.82, 2.24) is 4.90 Å². The third-order valence-electron chi connectivity index (χ3n) is 2.67. The standard InChI is InChI=1S/C9H21N3/c10-5-4-9-3-1-2-7-12(9)8-6-11/h9H,1-8,10-11H2. The largest absolute Gasteiger partial charge is 0.330 e. The molecular formula is C9H21N3. The van der Waals surface area contributed by atoms with Crippen LogP contribution in [0.5, 0.6) is 0 Å². The summed E-state index contributed by atoms with van der Waals surface area (Å²) in [5, 5.41) is 0. The molecule has 0 aromatic rings. The fourth-order valence-electron chi connectivity index (χ4n) is 2.04. The summed E-state index contributed by atoms with van der Waals surface area (Å²) in [5.74, 6) is 0. The topological polar surface area (TPSA) is 55.3 Å². The van der Waals surface area contributed by atoms with Gasteiger partial charge in [-0.2, -0.15) is 0 Å². The van der Waals surface area contributed by atoms with Crippen LogP contribution in [0.2, 0.25) is 0 Å². The lowest BCUT2D eigenvalue weighted by Gasteiger charge is -2.35. The number of nitrogens with two attached hydrogens (primary N) is 2. The molecule has 4 N–H and O–H groups in total. The minimum atomic E-state index is 0.715. The van der Waals surface area contributed by atoms with Gasteiger partial charge in [-0.05, 0) is 32.4 Å². The van der Waals surface area contributed by atoms with E-state index in [9.17, 15) is 0 Å². The second kappa shape index (κ2) is 5.51. The molecule has 0 spiro atoms. The molecule has 0 aromatic heterocycles. The van der Waals surface area contributed by atoms with Crippen LogP contribution in [0.25, 0.3) is 0 Å². The van der Waals surface area contributed by atoms with Gasteiger partial charge in [0, 0.05) is 19.1 Å². The van der Waals surface area contributed by atoms with Crippen molar-refractivity contribution in [2.45, 2.75) is 31.7 Å². The van der Waals surface area contributed by atoms with Crippen LogP contribution in [-0.2, 0) is 0 Å². The van der Waals surface area contributed by atoms with Crippen molar-refractivity contribution >= 4 is 0 Å². The van der Waals surface area contributed by atoms with Crippen LogP contribution in [-0.4, -0.2) is 37.1 Å². The van der Waals surface area contributed by atoms with Gasteiger partial charge in [-0.3, -0.25) is 4.90 Å². The van der Waals surface area contributed by atoms with Gasteiger partial charge in [0.15, 0.2) is 0 Å². The summed E-state index contributed by atoms with van der Waals surface area (Å²) in [7, 11) is 0. The van der Waals surface area contributed by atoms with Crippen molar-refractivity contribution in [1.29, 1.82) is 0 Å². The molecule has 0 aliphatic carbocycles. The summed E-state index contributed by atoms with van der Waals surface area (Å²) >= 11 is 0. The van der Waals surface area contributed by atoms with Crippen molar-refractivity contribution < 1.29 is 0 Å². The molecule has 1 rings (SSSR count). The van der Waals surface area contributed by atoms with Crippen molar-refractivity contribution in [2.24, 2.45) is 11.5 Å². The molecule has 0 radical (unpaired) electrons. The quantitative estimate of drug-likeness (QED) is 0.633. The highest BCUT2D eigenvalue weighted by Gasteiger charge is 2.20. The number of likely N-dealkylation sites (tertiary alicyclic amines) is 1. The third-order valence-corrected chi connectivity index (χ3v) is 2.67. The van der Waals surface area contributed by atoms with E-state index in [1.165, 1.54) is 25.8 Å². The molecule has 1 saturated heterocycles. The van der Waals surface area contributed by atoms with Gasteiger partial charge in [0.1, 0.15) is 0 Å². The Labute approximate surface area is 75.1 Å². The van der Waals surface area contributed by atoms with Gasteiger partial charge in [-0.25, -0.2) is 0 Å². The van der Waals surface area contributed by atoms with E-state index in [2.05, 4.69) is 4.90 Å². The van der Waals surface area contributed by atoms with E-state index in [4.69, 9.17) is 11.5 Å². The van der Waals surface area contributed by atoms with Crippen LogP contribution in [0, 0.1) is 0 Å². The summed E-state index contributed by atoms with van der Waals surface area (Å²) in [4.78, 5) is 2.50. The van der Waals surface area contributed by atoms with Gasteiger partial charge in [-0.1, -0.05) is 6.42 Å².